The quantitative estimate of drug-likeness (QED) is 0.183. The van der Waals surface area contributed by atoms with Gasteiger partial charge in [-0.1, -0.05) is 42.5 Å². The number of carbonyl (C=O) groups is 2. The van der Waals surface area contributed by atoms with Crippen molar-refractivity contribution in [2.45, 2.75) is 33.0 Å². The fourth-order valence-electron chi connectivity index (χ4n) is 3.36. The predicted molar refractivity (Wildman–Crippen MR) is 141 cm³/mol. The zero-order chi connectivity index (χ0) is 26.8. The molecule has 37 heavy (non-hydrogen) atoms. The molecule has 0 saturated heterocycles. The van der Waals surface area contributed by atoms with Crippen molar-refractivity contribution in [2.75, 3.05) is 20.8 Å². The maximum atomic E-state index is 12.9. The first-order chi connectivity index (χ1) is 17.7. The standard InChI is InChI=1S/C30H32O7/c1-30(2,3)37-29(32)20-36-28-18-23(13-16-26(28)35-19-22-9-7-6-8-10-22)24(31)14-11-21-12-15-25(33-4)27(17-21)34-5/h6-18H,19-20H2,1-5H3/b14-11+. The van der Waals surface area contributed by atoms with Gasteiger partial charge in [0.05, 0.1) is 14.2 Å². The van der Waals surface area contributed by atoms with E-state index in [0.29, 0.717) is 29.4 Å². The van der Waals surface area contributed by atoms with Crippen LogP contribution in [0.25, 0.3) is 6.08 Å². The highest BCUT2D eigenvalue weighted by molar-refractivity contribution is 6.07. The van der Waals surface area contributed by atoms with E-state index in [1.165, 1.54) is 6.08 Å². The van der Waals surface area contributed by atoms with E-state index in [-0.39, 0.29) is 18.1 Å². The number of ketones is 1. The second-order valence-electron chi connectivity index (χ2n) is 9.12. The summed E-state index contributed by atoms with van der Waals surface area (Å²) in [6, 6.07) is 19.9. The average molecular weight is 505 g/mol. The SMILES string of the molecule is COc1ccc(/C=C/C(=O)c2ccc(OCc3ccccc3)c(OCC(=O)OC(C)(C)C)c2)cc1OC. The largest absolute Gasteiger partial charge is 0.493 e. The molecule has 0 aliphatic rings. The smallest absolute Gasteiger partial charge is 0.344 e. The van der Waals surface area contributed by atoms with Crippen LogP contribution in [-0.2, 0) is 16.1 Å². The molecule has 0 saturated carbocycles. The molecular weight excluding hydrogens is 472 g/mol. The summed E-state index contributed by atoms with van der Waals surface area (Å²) >= 11 is 0. The van der Waals surface area contributed by atoms with Gasteiger partial charge in [0, 0.05) is 5.56 Å². The van der Waals surface area contributed by atoms with Gasteiger partial charge < -0.3 is 23.7 Å². The lowest BCUT2D eigenvalue weighted by atomic mass is 10.1. The normalized spacial score (nSPS) is 11.2. The van der Waals surface area contributed by atoms with Crippen molar-refractivity contribution in [3.05, 3.63) is 89.5 Å². The minimum absolute atomic E-state index is 0.244. The molecule has 0 heterocycles. The monoisotopic (exact) mass is 504 g/mol. The lowest BCUT2D eigenvalue weighted by Crippen LogP contribution is -2.27. The van der Waals surface area contributed by atoms with E-state index >= 15 is 0 Å². The summed E-state index contributed by atoms with van der Waals surface area (Å²) in [5, 5.41) is 0. The molecule has 0 amide bonds. The topological polar surface area (TPSA) is 80.3 Å². The van der Waals surface area contributed by atoms with E-state index in [1.807, 2.05) is 36.4 Å². The second kappa shape index (κ2) is 12.6. The van der Waals surface area contributed by atoms with Crippen LogP contribution < -0.4 is 18.9 Å². The van der Waals surface area contributed by atoms with Crippen LogP contribution in [0.2, 0.25) is 0 Å². The van der Waals surface area contributed by atoms with E-state index < -0.39 is 11.6 Å². The Labute approximate surface area is 217 Å². The average Bonchev–Trinajstić information content (AvgIpc) is 2.89. The first-order valence-electron chi connectivity index (χ1n) is 11.8. The van der Waals surface area contributed by atoms with Crippen LogP contribution in [0.4, 0.5) is 0 Å². The Balaban J connectivity index is 1.79. The lowest BCUT2D eigenvalue weighted by molar-refractivity contribution is -0.157. The Morgan fingerprint density at radius 1 is 0.784 bits per heavy atom. The predicted octanol–water partition coefficient (Wildman–Crippen LogP) is 5.90. The van der Waals surface area contributed by atoms with Gasteiger partial charge in [0.2, 0.25) is 0 Å². The zero-order valence-electron chi connectivity index (χ0n) is 21.8. The Morgan fingerprint density at radius 2 is 1.49 bits per heavy atom. The summed E-state index contributed by atoms with van der Waals surface area (Å²) < 4.78 is 27.6. The first kappa shape index (κ1) is 27.3. The third-order valence-electron chi connectivity index (χ3n) is 5.07. The van der Waals surface area contributed by atoms with Crippen LogP contribution in [0.3, 0.4) is 0 Å². The molecule has 7 nitrogen and oxygen atoms in total. The number of hydrogen-bond donors (Lipinski definition) is 0. The fraction of sp³-hybridized carbons (Fsp3) is 0.267. The van der Waals surface area contributed by atoms with Gasteiger partial charge in [-0.25, -0.2) is 4.79 Å². The molecule has 3 aromatic rings. The van der Waals surface area contributed by atoms with E-state index in [9.17, 15) is 9.59 Å². The van der Waals surface area contributed by atoms with E-state index in [4.69, 9.17) is 23.7 Å². The van der Waals surface area contributed by atoms with E-state index in [1.54, 1.807) is 71.4 Å². The maximum absolute atomic E-state index is 12.9. The highest BCUT2D eigenvalue weighted by Gasteiger charge is 2.18. The molecule has 0 aliphatic heterocycles. The van der Waals surface area contributed by atoms with Crippen molar-refractivity contribution in [3.8, 4) is 23.0 Å². The fourth-order valence-corrected chi connectivity index (χ4v) is 3.36. The molecule has 3 rings (SSSR count). The van der Waals surface area contributed by atoms with Crippen molar-refractivity contribution in [2.24, 2.45) is 0 Å². The summed E-state index contributed by atoms with van der Waals surface area (Å²) in [5.41, 5.74) is 1.48. The molecule has 194 valence electrons. The van der Waals surface area contributed by atoms with Crippen molar-refractivity contribution >= 4 is 17.8 Å². The molecule has 0 fully saturated rings. The molecule has 0 bridgehead atoms. The Morgan fingerprint density at radius 3 is 2.16 bits per heavy atom. The molecule has 0 atom stereocenters. The molecule has 0 radical (unpaired) electrons. The van der Waals surface area contributed by atoms with Crippen molar-refractivity contribution in [1.82, 2.24) is 0 Å². The zero-order valence-corrected chi connectivity index (χ0v) is 21.8. The summed E-state index contributed by atoms with van der Waals surface area (Å²) in [6.45, 7) is 5.32. The minimum atomic E-state index is -0.639. The third-order valence-corrected chi connectivity index (χ3v) is 5.07. The second-order valence-corrected chi connectivity index (χ2v) is 9.12. The number of hydrogen-bond acceptors (Lipinski definition) is 7. The highest BCUT2D eigenvalue weighted by atomic mass is 16.6. The van der Waals surface area contributed by atoms with Crippen LogP contribution >= 0.6 is 0 Å². The van der Waals surface area contributed by atoms with Crippen molar-refractivity contribution < 1.29 is 33.3 Å². The summed E-state index contributed by atoms with van der Waals surface area (Å²) in [7, 11) is 3.11. The summed E-state index contributed by atoms with van der Waals surface area (Å²) in [5.74, 6) is 1.08. The van der Waals surface area contributed by atoms with Gasteiger partial charge in [-0.3, -0.25) is 4.79 Å². The number of allylic oxidation sites excluding steroid dienone is 1. The first-order valence-corrected chi connectivity index (χ1v) is 11.8. The number of methoxy groups -OCH3 is 2. The molecule has 0 N–H and O–H groups in total. The molecule has 0 spiro atoms. The molecular formula is C30H32O7. The lowest BCUT2D eigenvalue weighted by Gasteiger charge is -2.20. The Kier molecular flexibility index (Phi) is 9.33. The Bertz CT molecular complexity index is 1240. The van der Waals surface area contributed by atoms with Crippen LogP contribution in [0, 0.1) is 0 Å². The van der Waals surface area contributed by atoms with Crippen molar-refractivity contribution in [1.29, 1.82) is 0 Å². The number of ether oxygens (including phenoxy) is 5. The van der Waals surface area contributed by atoms with Crippen LogP contribution in [-0.4, -0.2) is 38.2 Å². The molecule has 3 aromatic carbocycles. The summed E-state index contributed by atoms with van der Waals surface area (Å²) in [4.78, 5) is 25.1. The van der Waals surface area contributed by atoms with Gasteiger partial charge in [0.1, 0.15) is 12.2 Å². The number of esters is 1. The van der Waals surface area contributed by atoms with Crippen LogP contribution in [0.15, 0.2) is 72.8 Å². The van der Waals surface area contributed by atoms with Gasteiger partial charge in [-0.05, 0) is 68.3 Å². The van der Waals surface area contributed by atoms with Gasteiger partial charge in [0.25, 0.3) is 0 Å². The number of benzene rings is 3. The minimum Gasteiger partial charge on any atom is -0.493 e. The number of rotatable bonds is 11. The van der Waals surface area contributed by atoms with Gasteiger partial charge >= 0.3 is 5.97 Å². The molecule has 0 aliphatic carbocycles. The van der Waals surface area contributed by atoms with Gasteiger partial charge in [-0.15, -0.1) is 0 Å². The highest BCUT2D eigenvalue weighted by Crippen LogP contribution is 2.31. The third kappa shape index (κ3) is 8.42. The van der Waals surface area contributed by atoms with Gasteiger partial charge in [-0.2, -0.15) is 0 Å². The maximum Gasteiger partial charge on any atom is 0.344 e. The van der Waals surface area contributed by atoms with Crippen LogP contribution in [0.1, 0.15) is 42.3 Å². The Hall–Kier alpha value is -4.26. The van der Waals surface area contributed by atoms with E-state index in [2.05, 4.69) is 0 Å². The molecule has 0 unspecified atom stereocenters. The number of carbonyl (C=O) groups excluding carboxylic acids is 2. The van der Waals surface area contributed by atoms with Gasteiger partial charge in [0.15, 0.2) is 35.4 Å². The van der Waals surface area contributed by atoms with E-state index in [0.717, 1.165) is 11.1 Å². The summed E-state index contributed by atoms with van der Waals surface area (Å²) in [6.07, 6.45) is 3.14. The van der Waals surface area contributed by atoms with Crippen molar-refractivity contribution in [3.63, 3.8) is 0 Å². The van der Waals surface area contributed by atoms with Crippen LogP contribution in [0.5, 0.6) is 23.0 Å². The molecule has 0 aromatic heterocycles. The molecule has 7 heteroatoms.